The van der Waals surface area contributed by atoms with Crippen LogP contribution in [-0.2, 0) is 21.4 Å². The van der Waals surface area contributed by atoms with Crippen molar-refractivity contribution in [3.8, 4) is 6.07 Å². The molecule has 15 heteroatoms. The number of hydrogen-bond acceptors (Lipinski definition) is 10. The molecule has 1 aromatic rings. The number of thioether (sulfide) groups is 3. The highest BCUT2D eigenvalue weighted by molar-refractivity contribution is 8.02. The van der Waals surface area contributed by atoms with Gasteiger partial charge in [0.05, 0.1) is 11.8 Å². The minimum Gasteiger partial charge on any atom is -0.477 e. The van der Waals surface area contributed by atoms with Crippen molar-refractivity contribution < 1.29 is 19.5 Å². The number of nitrogens with one attached hydrogen (secondary N) is 1. The van der Waals surface area contributed by atoms with Crippen LogP contribution < -0.4 is 5.32 Å². The summed E-state index contributed by atoms with van der Waals surface area (Å²) in [5.41, 5.74) is 0.498. The van der Waals surface area contributed by atoms with Crippen LogP contribution in [0.15, 0.2) is 16.4 Å². The molecule has 1 saturated heterocycles. The Morgan fingerprint density at radius 1 is 1.55 bits per heavy atom. The zero-order chi connectivity index (χ0) is 21.1. The number of aryl methyl sites for hydroxylation is 1. The molecule has 2 N–H and O–H groups in total. The maximum atomic E-state index is 12.6. The van der Waals surface area contributed by atoms with E-state index in [1.54, 1.807) is 7.05 Å². The van der Waals surface area contributed by atoms with E-state index in [1.807, 2.05) is 6.07 Å². The number of carboxylic acid groups (broad SMARTS) is 1. The lowest BCUT2D eigenvalue weighted by atomic mass is 10.0. The molecule has 3 atom stereocenters. The van der Waals surface area contributed by atoms with Crippen LogP contribution in [0.3, 0.4) is 0 Å². The standard InChI is InChI=1S/C14H14ClN7O4S3/c1-21-14(18-19-20-21)29-5-6-4-28-12-7(11(24)22(12)8(6)13(25)26)17-10(23)9(15)27-3-2-16/h7,9,12H,3-5H2,1H3,(H,17,23)(H,25,26)/t7?,9?,12-/m0/s1. The van der Waals surface area contributed by atoms with Crippen LogP contribution in [0.1, 0.15) is 0 Å². The van der Waals surface area contributed by atoms with Gasteiger partial charge in [0, 0.05) is 18.6 Å². The highest BCUT2D eigenvalue weighted by atomic mass is 35.5. The number of carboxylic acids is 1. The van der Waals surface area contributed by atoms with E-state index >= 15 is 0 Å². The predicted molar refractivity (Wildman–Crippen MR) is 107 cm³/mol. The van der Waals surface area contributed by atoms with E-state index in [4.69, 9.17) is 16.9 Å². The maximum absolute atomic E-state index is 12.6. The fourth-order valence-corrected chi connectivity index (χ4v) is 5.72. The largest absolute Gasteiger partial charge is 0.477 e. The smallest absolute Gasteiger partial charge is 0.352 e. The summed E-state index contributed by atoms with van der Waals surface area (Å²) in [5, 5.41) is 31.9. The minimum absolute atomic E-state index is 0.0401. The Balaban J connectivity index is 1.69. The van der Waals surface area contributed by atoms with Gasteiger partial charge in [-0.15, -0.1) is 40.2 Å². The van der Waals surface area contributed by atoms with Gasteiger partial charge in [0.2, 0.25) is 11.1 Å². The Hall–Kier alpha value is -1.95. The quantitative estimate of drug-likeness (QED) is 0.293. The van der Waals surface area contributed by atoms with Crippen LogP contribution in [0, 0.1) is 11.3 Å². The Morgan fingerprint density at radius 2 is 2.31 bits per heavy atom. The number of aliphatic carboxylic acids is 1. The summed E-state index contributed by atoms with van der Waals surface area (Å²) in [7, 11) is 1.67. The van der Waals surface area contributed by atoms with Gasteiger partial charge in [0.15, 0.2) is 4.71 Å². The van der Waals surface area contributed by atoms with Gasteiger partial charge in [-0.05, 0) is 16.0 Å². The number of carbonyl (C=O) groups excluding carboxylic acids is 2. The molecular formula is C14H14ClN7O4S3. The average molecular weight is 476 g/mol. The van der Waals surface area contributed by atoms with Gasteiger partial charge in [0.25, 0.3) is 5.91 Å². The third-order valence-electron chi connectivity index (χ3n) is 4.00. The molecular weight excluding hydrogens is 462 g/mol. The van der Waals surface area contributed by atoms with Crippen molar-refractivity contribution in [3.05, 3.63) is 11.3 Å². The SMILES string of the molecule is Cn1nnnc1SCC1=C(C(=O)O)N2C(=O)C(NC(=O)C(Cl)SCC#N)[C@@H]2SC1. The first kappa shape index (κ1) is 21.8. The van der Waals surface area contributed by atoms with Gasteiger partial charge in [-0.2, -0.15) is 5.26 Å². The number of hydrogen-bond donors (Lipinski definition) is 2. The number of amides is 2. The summed E-state index contributed by atoms with van der Waals surface area (Å²) in [6, 6.07) is 1.01. The Morgan fingerprint density at radius 3 is 2.93 bits per heavy atom. The lowest BCUT2D eigenvalue weighted by molar-refractivity contribution is -0.150. The first-order chi connectivity index (χ1) is 13.8. The topological polar surface area (TPSA) is 154 Å². The molecule has 0 aliphatic carbocycles. The molecule has 0 aromatic carbocycles. The van der Waals surface area contributed by atoms with Gasteiger partial charge < -0.3 is 10.4 Å². The second-order valence-corrected chi connectivity index (χ2v) is 9.65. The van der Waals surface area contributed by atoms with Crippen molar-refractivity contribution in [1.82, 2.24) is 30.4 Å². The van der Waals surface area contributed by atoms with Crippen molar-refractivity contribution >= 4 is 64.7 Å². The van der Waals surface area contributed by atoms with Gasteiger partial charge in [-0.1, -0.05) is 11.8 Å². The molecule has 29 heavy (non-hydrogen) atoms. The molecule has 2 aliphatic heterocycles. The number of fused-ring (bicyclic) bond motifs is 1. The molecule has 154 valence electrons. The van der Waals surface area contributed by atoms with Gasteiger partial charge >= 0.3 is 5.97 Å². The van der Waals surface area contributed by atoms with Crippen molar-refractivity contribution in [2.75, 3.05) is 17.3 Å². The Bertz CT molecular complexity index is 917. The summed E-state index contributed by atoms with van der Waals surface area (Å²) in [5.74, 6) is -1.57. The monoisotopic (exact) mass is 475 g/mol. The molecule has 2 unspecified atom stereocenters. The summed E-state index contributed by atoms with van der Waals surface area (Å²) in [4.78, 5) is 37.7. The predicted octanol–water partition coefficient (Wildman–Crippen LogP) is -0.138. The molecule has 11 nitrogen and oxygen atoms in total. The number of rotatable bonds is 8. The van der Waals surface area contributed by atoms with Crippen LogP contribution >= 0.6 is 46.9 Å². The zero-order valence-electron chi connectivity index (χ0n) is 14.8. The highest BCUT2D eigenvalue weighted by Gasteiger charge is 2.54. The van der Waals surface area contributed by atoms with E-state index < -0.39 is 33.9 Å². The number of nitrogens with zero attached hydrogens (tertiary/aromatic N) is 6. The van der Waals surface area contributed by atoms with Crippen LogP contribution in [0.5, 0.6) is 0 Å². The molecule has 3 rings (SSSR count). The van der Waals surface area contributed by atoms with Gasteiger partial charge in [-0.25, -0.2) is 9.48 Å². The summed E-state index contributed by atoms with van der Waals surface area (Å²) < 4.78 is 0.462. The summed E-state index contributed by atoms with van der Waals surface area (Å²) in [6.45, 7) is 0. The molecule has 2 aliphatic rings. The van der Waals surface area contributed by atoms with Gasteiger partial charge in [0.1, 0.15) is 17.1 Å². The van der Waals surface area contributed by atoms with Crippen molar-refractivity contribution in [3.63, 3.8) is 0 Å². The molecule has 2 amide bonds. The molecule has 1 fully saturated rings. The van der Waals surface area contributed by atoms with E-state index in [0.29, 0.717) is 22.2 Å². The number of alkyl halides is 1. The third kappa shape index (κ3) is 4.47. The fraction of sp³-hybridized carbons (Fsp3) is 0.500. The van der Waals surface area contributed by atoms with Crippen LogP contribution in [-0.4, -0.2) is 81.4 Å². The molecule has 0 saturated carbocycles. The molecule has 0 radical (unpaired) electrons. The van der Waals surface area contributed by atoms with Crippen molar-refractivity contribution in [1.29, 1.82) is 5.26 Å². The first-order valence-corrected chi connectivity index (χ1v) is 11.5. The molecule has 0 bridgehead atoms. The number of aromatic nitrogens is 4. The number of nitriles is 1. The zero-order valence-corrected chi connectivity index (χ0v) is 18.0. The summed E-state index contributed by atoms with van der Waals surface area (Å²) >= 11 is 9.48. The average Bonchev–Trinajstić information content (AvgIpc) is 3.11. The van der Waals surface area contributed by atoms with E-state index in [0.717, 1.165) is 11.8 Å². The number of β-lactam (4-membered cyclic amide) rings is 1. The third-order valence-corrected chi connectivity index (χ3v) is 7.82. The van der Waals surface area contributed by atoms with Crippen molar-refractivity contribution in [2.45, 2.75) is 21.3 Å². The number of carbonyl (C=O) groups is 3. The van der Waals surface area contributed by atoms with E-state index in [2.05, 4.69) is 20.8 Å². The number of tetrazole rings is 1. The molecule has 0 spiro atoms. The second-order valence-electron chi connectivity index (χ2n) is 5.81. The normalized spacial score (nSPS) is 21.8. The number of halogens is 1. The first-order valence-electron chi connectivity index (χ1n) is 8.03. The van der Waals surface area contributed by atoms with Crippen LogP contribution in [0.25, 0.3) is 0 Å². The van der Waals surface area contributed by atoms with Crippen molar-refractivity contribution in [2.24, 2.45) is 7.05 Å². The van der Waals surface area contributed by atoms with Crippen LogP contribution in [0.4, 0.5) is 0 Å². The maximum Gasteiger partial charge on any atom is 0.352 e. The highest BCUT2D eigenvalue weighted by Crippen LogP contribution is 2.41. The summed E-state index contributed by atoms with van der Waals surface area (Å²) in [6.07, 6.45) is 0. The Kier molecular flexibility index (Phi) is 6.93. The minimum atomic E-state index is -1.21. The second kappa shape index (κ2) is 9.24. The van der Waals surface area contributed by atoms with E-state index in [-0.39, 0.29) is 11.4 Å². The Labute approximate surface area is 182 Å². The lowest BCUT2D eigenvalue weighted by Gasteiger charge is -2.49. The lowest BCUT2D eigenvalue weighted by Crippen LogP contribution is -2.71. The van der Waals surface area contributed by atoms with Gasteiger partial charge in [-0.3, -0.25) is 14.5 Å². The van der Waals surface area contributed by atoms with E-state index in [9.17, 15) is 19.5 Å². The molecule has 1 aromatic heterocycles. The van der Waals surface area contributed by atoms with Crippen LogP contribution in [0.2, 0.25) is 0 Å². The molecule has 3 heterocycles. The fourth-order valence-electron chi connectivity index (χ4n) is 2.69. The van der Waals surface area contributed by atoms with E-state index in [1.165, 1.54) is 33.1 Å².